The maximum absolute atomic E-state index is 12.7. The molecule has 1 aliphatic rings. The van der Waals surface area contributed by atoms with Crippen LogP contribution in [0.15, 0.2) is 72.8 Å². The lowest BCUT2D eigenvalue weighted by Crippen LogP contribution is -2.29. The van der Waals surface area contributed by atoms with E-state index in [1.807, 2.05) is 31.2 Å². The van der Waals surface area contributed by atoms with Crippen LogP contribution in [0.2, 0.25) is 0 Å². The number of rotatable bonds is 9. The minimum absolute atomic E-state index is 0.0114. The number of carbonyl (C=O) groups excluding carboxylic acids is 2. The summed E-state index contributed by atoms with van der Waals surface area (Å²) >= 11 is 0. The zero-order valence-corrected chi connectivity index (χ0v) is 19.5. The lowest BCUT2D eigenvalue weighted by atomic mass is 9.98. The molecule has 0 saturated carbocycles. The highest BCUT2D eigenvalue weighted by Gasteiger charge is 2.29. The first-order chi connectivity index (χ1) is 16.9. The van der Waals surface area contributed by atoms with E-state index in [2.05, 4.69) is 34.9 Å². The number of carboxylic acid groups (broad SMARTS) is 1. The molecule has 1 unspecified atom stereocenters. The Kier molecular flexibility index (Phi) is 7.45. The molecule has 2 amide bonds. The summed E-state index contributed by atoms with van der Waals surface area (Å²) in [5, 5.41) is 14.3. The van der Waals surface area contributed by atoms with E-state index < -0.39 is 12.1 Å². The fourth-order valence-corrected chi connectivity index (χ4v) is 4.37. The molecule has 7 heteroatoms. The van der Waals surface area contributed by atoms with Crippen molar-refractivity contribution < 1.29 is 24.2 Å². The van der Waals surface area contributed by atoms with Crippen molar-refractivity contribution in [3.05, 3.63) is 89.5 Å². The van der Waals surface area contributed by atoms with E-state index >= 15 is 0 Å². The van der Waals surface area contributed by atoms with E-state index in [4.69, 9.17) is 9.84 Å². The van der Waals surface area contributed by atoms with Crippen molar-refractivity contribution in [3.8, 4) is 11.1 Å². The van der Waals surface area contributed by atoms with E-state index in [0.29, 0.717) is 24.2 Å². The Morgan fingerprint density at radius 1 is 0.914 bits per heavy atom. The molecular formula is C28H28N2O5. The highest BCUT2D eigenvalue weighted by Crippen LogP contribution is 2.44. The molecule has 0 radical (unpaired) electrons. The standard InChI is InChI=1S/C28H28N2O5/c1-18(14-15-26(31)32)16-29-27(33)23-12-6-7-13-25(23)30-28(34)35-17-24-21-10-4-2-8-19(21)20-9-3-5-11-22(20)24/h2-13,18,24H,14-17H2,1H3,(H,29,33)(H,30,34)(H,31,32). The highest BCUT2D eigenvalue weighted by atomic mass is 16.5. The lowest BCUT2D eigenvalue weighted by Gasteiger charge is -2.16. The summed E-state index contributed by atoms with van der Waals surface area (Å²) in [7, 11) is 0. The van der Waals surface area contributed by atoms with Gasteiger partial charge in [-0.15, -0.1) is 0 Å². The van der Waals surface area contributed by atoms with Gasteiger partial charge in [0.2, 0.25) is 0 Å². The van der Waals surface area contributed by atoms with Gasteiger partial charge in [-0.25, -0.2) is 4.79 Å². The molecule has 4 rings (SSSR count). The van der Waals surface area contributed by atoms with Crippen molar-refractivity contribution in [3.63, 3.8) is 0 Å². The Balaban J connectivity index is 1.37. The SMILES string of the molecule is CC(CCC(=O)O)CNC(=O)c1ccccc1NC(=O)OCC1c2ccccc2-c2ccccc21. The van der Waals surface area contributed by atoms with Gasteiger partial charge in [0.15, 0.2) is 0 Å². The van der Waals surface area contributed by atoms with Gasteiger partial charge in [-0.2, -0.15) is 0 Å². The van der Waals surface area contributed by atoms with Gasteiger partial charge < -0.3 is 15.2 Å². The number of amides is 2. The second kappa shape index (κ2) is 10.9. The van der Waals surface area contributed by atoms with E-state index in [-0.39, 0.29) is 30.8 Å². The number of ether oxygens (including phenoxy) is 1. The molecule has 0 saturated heterocycles. The van der Waals surface area contributed by atoms with Crippen molar-refractivity contribution in [1.82, 2.24) is 5.32 Å². The summed E-state index contributed by atoms with van der Waals surface area (Å²) in [6, 6.07) is 22.9. The number of carboxylic acids is 1. The van der Waals surface area contributed by atoms with Gasteiger partial charge in [-0.1, -0.05) is 67.6 Å². The quantitative estimate of drug-likeness (QED) is 0.393. The molecule has 0 aromatic heterocycles. The summed E-state index contributed by atoms with van der Waals surface area (Å²) < 4.78 is 5.59. The largest absolute Gasteiger partial charge is 0.481 e. The van der Waals surface area contributed by atoms with Gasteiger partial charge in [-0.05, 0) is 46.7 Å². The smallest absolute Gasteiger partial charge is 0.411 e. The Morgan fingerprint density at radius 2 is 1.51 bits per heavy atom. The van der Waals surface area contributed by atoms with Gasteiger partial charge in [0.1, 0.15) is 6.61 Å². The van der Waals surface area contributed by atoms with E-state index in [1.54, 1.807) is 24.3 Å². The van der Waals surface area contributed by atoms with E-state index in [0.717, 1.165) is 22.3 Å². The van der Waals surface area contributed by atoms with Crippen molar-refractivity contribution >= 4 is 23.7 Å². The van der Waals surface area contributed by atoms with E-state index in [9.17, 15) is 14.4 Å². The molecule has 1 atom stereocenters. The molecule has 0 fully saturated rings. The Morgan fingerprint density at radius 3 is 2.17 bits per heavy atom. The van der Waals surface area contributed by atoms with Crippen molar-refractivity contribution in [1.29, 1.82) is 0 Å². The molecule has 3 aromatic carbocycles. The van der Waals surface area contributed by atoms with Crippen LogP contribution in [0.1, 0.15) is 47.2 Å². The molecule has 3 N–H and O–H groups in total. The minimum Gasteiger partial charge on any atom is -0.481 e. The minimum atomic E-state index is -0.860. The molecule has 0 spiro atoms. The second-order valence-corrected chi connectivity index (χ2v) is 8.74. The predicted octanol–water partition coefficient (Wildman–Crippen LogP) is 5.28. The maximum Gasteiger partial charge on any atom is 0.411 e. The zero-order chi connectivity index (χ0) is 24.8. The topological polar surface area (TPSA) is 105 Å². The van der Waals surface area contributed by atoms with Gasteiger partial charge in [0.25, 0.3) is 5.91 Å². The number of hydrogen-bond acceptors (Lipinski definition) is 4. The van der Waals surface area contributed by atoms with Crippen LogP contribution in [-0.4, -0.2) is 36.2 Å². The highest BCUT2D eigenvalue weighted by molar-refractivity contribution is 6.02. The predicted molar refractivity (Wildman–Crippen MR) is 134 cm³/mol. The van der Waals surface area contributed by atoms with Gasteiger partial charge in [0, 0.05) is 18.9 Å². The molecule has 0 bridgehead atoms. The molecule has 0 aliphatic heterocycles. The number of nitrogens with one attached hydrogen (secondary N) is 2. The monoisotopic (exact) mass is 472 g/mol. The van der Waals surface area contributed by atoms with Crippen LogP contribution in [0.5, 0.6) is 0 Å². The Bertz CT molecular complexity index is 1190. The first kappa shape index (κ1) is 24.0. The fraction of sp³-hybridized carbons (Fsp3) is 0.250. The van der Waals surface area contributed by atoms with Gasteiger partial charge in [0.05, 0.1) is 11.3 Å². The molecule has 180 valence electrons. The number of benzene rings is 3. The number of fused-ring (bicyclic) bond motifs is 3. The summed E-state index contributed by atoms with van der Waals surface area (Å²) in [6.45, 7) is 2.39. The maximum atomic E-state index is 12.7. The lowest BCUT2D eigenvalue weighted by molar-refractivity contribution is -0.137. The number of para-hydroxylation sites is 1. The first-order valence-corrected chi connectivity index (χ1v) is 11.6. The molecule has 35 heavy (non-hydrogen) atoms. The summed E-state index contributed by atoms with van der Waals surface area (Å²) in [4.78, 5) is 36.1. The third kappa shape index (κ3) is 5.69. The zero-order valence-electron chi connectivity index (χ0n) is 19.5. The van der Waals surface area contributed by atoms with Crippen LogP contribution in [-0.2, 0) is 9.53 Å². The van der Waals surface area contributed by atoms with Crippen molar-refractivity contribution in [2.24, 2.45) is 5.92 Å². The third-order valence-corrected chi connectivity index (χ3v) is 6.21. The average Bonchev–Trinajstić information content (AvgIpc) is 3.19. The van der Waals surface area contributed by atoms with Crippen LogP contribution in [0.4, 0.5) is 10.5 Å². The fourth-order valence-electron chi connectivity index (χ4n) is 4.37. The summed E-state index contributed by atoms with van der Waals surface area (Å²) in [5.41, 5.74) is 5.21. The number of hydrogen-bond donors (Lipinski definition) is 3. The summed E-state index contributed by atoms with van der Waals surface area (Å²) in [6.07, 6.45) is -0.117. The van der Waals surface area contributed by atoms with Crippen LogP contribution in [0, 0.1) is 5.92 Å². The van der Waals surface area contributed by atoms with Gasteiger partial charge >= 0.3 is 12.1 Å². The number of carbonyl (C=O) groups is 3. The number of anilines is 1. The van der Waals surface area contributed by atoms with Crippen molar-refractivity contribution in [2.75, 3.05) is 18.5 Å². The number of aliphatic carboxylic acids is 1. The third-order valence-electron chi connectivity index (χ3n) is 6.21. The van der Waals surface area contributed by atoms with E-state index in [1.165, 1.54) is 0 Å². The molecule has 3 aromatic rings. The Hall–Kier alpha value is -4.13. The van der Waals surface area contributed by atoms with Crippen molar-refractivity contribution in [2.45, 2.75) is 25.7 Å². The van der Waals surface area contributed by atoms with Crippen LogP contribution in [0.3, 0.4) is 0 Å². The van der Waals surface area contributed by atoms with Crippen LogP contribution >= 0.6 is 0 Å². The Labute approximate surface area is 204 Å². The summed E-state index contributed by atoms with van der Waals surface area (Å²) in [5.74, 6) is -1.25. The molecular weight excluding hydrogens is 444 g/mol. The molecule has 7 nitrogen and oxygen atoms in total. The van der Waals surface area contributed by atoms with Crippen LogP contribution < -0.4 is 10.6 Å². The molecule has 1 aliphatic carbocycles. The first-order valence-electron chi connectivity index (χ1n) is 11.6. The second-order valence-electron chi connectivity index (χ2n) is 8.74. The average molecular weight is 473 g/mol. The normalized spacial score (nSPS) is 12.8. The molecule has 0 heterocycles. The van der Waals surface area contributed by atoms with Gasteiger partial charge in [-0.3, -0.25) is 14.9 Å². The van der Waals surface area contributed by atoms with Crippen LogP contribution in [0.25, 0.3) is 11.1 Å².